The molecule has 2 amide bonds. The molecule has 0 aliphatic carbocycles. The maximum absolute atomic E-state index is 12.8. The van der Waals surface area contributed by atoms with Crippen molar-refractivity contribution in [3.05, 3.63) is 27.7 Å². The predicted molar refractivity (Wildman–Crippen MR) is 91.7 cm³/mol. The van der Waals surface area contributed by atoms with E-state index in [1.807, 2.05) is 0 Å². The maximum atomic E-state index is 12.8. The van der Waals surface area contributed by atoms with Crippen LogP contribution in [0.2, 0.25) is 10.0 Å². The van der Waals surface area contributed by atoms with Crippen molar-refractivity contribution in [1.29, 1.82) is 0 Å². The van der Waals surface area contributed by atoms with Crippen molar-refractivity contribution in [3.63, 3.8) is 0 Å². The highest BCUT2D eigenvalue weighted by atomic mass is 35.5. The molecule has 0 bridgehead atoms. The van der Waals surface area contributed by atoms with Crippen LogP contribution in [0.4, 0.5) is 0 Å². The van der Waals surface area contributed by atoms with Gasteiger partial charge in [0.05, 0.1) is 16.1 Å². The summed E-state index contributed by atoms with van der Waals surface area (Å²) in [6.45, 7) is 0.621. The van der Waals surface area contributed by atoms with Crippen LogP contribution in [0.25, 0.3) is 0 Å². The Morgan fingerprint density at radius 3 is 2.48 bits per heavy atom. The molecule has 0 spiro atoms. The van der Waals surface area contributed by atoms with Crippen molar-refractivity contribution in [2.75, 3.05) is 13.1 Å². The number of aliphatic hydroxyl groups is 1. The Balaban J connectivity index is 1.64. The molecule has 2 N–H and O–H groups in total. The zero-order valence-electron chi connectivity index (χ0n) is 13.4. The first-order valence-electron chi connectivity index (χ1n) is 8.34. The minimum atomic E-state index is -0.651. The lowest BCUT2D eigenvalue weighted by molar-refractivity contribution is -0.161. The number of hydrogen-bond donors (Lipinski definition) is 2. The van der Waals surface area contributed by atoms with E-state index in [0.717, 1.165) is 0 Å². The number of hydrogen-bond acceptors (Lipinski definition) is 4. The first-order valence-corrected chi connectivity index (χ1v) is 9.10. The fourth-order valence-electron chi connectivity index (χ4n) is 4.34. The summed E-state index contributed by atoms with van der Waals surface area (Å²) in [7, 11) is 0. The molecule has 3 aliphatic heterocycles. The van der Waals surface area contributed by atoms with E-state index in [4.69, 9.17) is 23.2 Å². The van der Waals surface area contributed by atoms with E-state index in [-0.39, 0.29) is 30.0 Å². The summed E-state index contributed by atoms with van der Waals surface area (Å²) in [6, 6.07) is 1.90. The zero-order valence-corrected chi connectivity index (χ0v) is 14.9. The van der Waals surface area contributed by atoms with E-state index in [1.165, 1.54) is 17.0 Å². The van der Waals surface area contributed by atoms with E-state index in [9.17, 15) is 19.8 Å². The normalized spacial score (nSPS) is 32.0. The third-order valence-corrected chi connectivity index (χ3v) is 6.35. The second-order valence-corrected chi connectivity index (χ2v) is 7.74. The van der Waals surface area contributed by atoms with Gasteiger partial charge in [-0.3, -0.25) is 9.59 Å². The topological polar surface area (TPSA) is 81.1 Å². The molecule has 8 heteroatoms. The number of phenolic OH excluding ortho intramolecular Hbond substituents is 1. The van der Waals surface area contributed by atoms with E-state index < -0.39 is 18.2 Å². The van der Waals surface area contributed by atoms with Crippen LogP contribution in [-0.2, 0) is 9.59 Å². The molecule has 4 atom stereocenters. The molecule has 3 saturated heterocycles. The molecule has 3 heterocycles. The Kier molecular flexibility index (Phi) is 4.09. The lowest BCUT2D eigenvalue weighted by Gasteiger charge is -2.46. The summed E-state index contributed by atoms with van der Waals surface area (Å²) in [4.78, 5) is 28.6. The molecule has 6 nitrogen and oxygen atoms in total. The number of benzene rings is 1. The van der Waals surface area contributed by atoms with Gasteiger partial charge >= 0.3 is 0 Å². The Bertz CT molecular complexity index is 756. The first kappa shape index (κ1) is 16.9. The number of rotatable bonds is 1. The molecule has 3 fully saturated rings. The van der Waals surface area contributed by atoms with Gasteiger partial charge in [-0.25, -0.2) is 0 Å². The van der Waals surface area contributed by atoms with Crippen molar-refractivity contribution in [1.82, 2.24) is 9.80 Å². The van der Waals surface area contributed by atoms with Gasteiger partial charge in [0, 0.05) is 25.1 Å². The lowest BCUT2D eigenvalue weighted by Crippen LogP contribution is -2.64. The highest BCUT2D eigenvalue weighted by Gasteiger charge is 2.52. The third-order valence-electron chi connectivity index (χ3n) is 5.54. The molecule has 0 aromatic heterocycles. The van der Waals surface area contributed by atoms with Crippen LogP contribution < -0.4 is 0 Å². The predicted octanol–water partition coefficient (Wildman–Crippen LogP) is 1.75. The molecule has 134 valence electrons. The summed E-state index contributed by atoms with van der Waals surface area (Å²) in [5, 5.41) is 20.7. The molecule has 3 aliphatic rings. The number of carbonyl (C=O) groups excluding carboxylic acids is 2. The number of phenols is 1. The fourth-order valence-corrected chi connectivity index (χ4v) is 4.82. The van der Waals surface area contributed by atoms with Gasteiger partial charge in [-0.05, 0) is 30.9 Å². The average molecular weight is 385 g/mol. The molecule has 4 rings (SSSR count). The van der Waals surface area contributed by atoms with Crippen LogP contribution in [0, 0.1) is 0 Å². The monoisotopic (exact) mass is 384 g/mol. The number of piperidine rings is 1. The Labute approximate surface area is 154 Å². The van der Waals surface area contributed by atoms with Crippen LogP contribution in [0.3, 0.4) is 0 Å². The Morgan fingerprint density at radius 1 is 1.04 bits per heavy atom. The van der Waals surface area contributed by atoms with E-state index >= 15 is 0 Å². The highest BCUT2D eigenvalue weighted by molar-refractivity contribution is 6.42. The molecule has 1 aromatic rings. The standard InChI is InChI=1S/C17H18Cl2N2O4/c18-10-1-2-13(23)14(15(10)19)8-3-4-20-11(5-8)17(25)21-7-9(22)6-12(21)16(20)24/h1-2,8-9,11-12,22-23H,3-7H2/t8-,9-,11+,12-/m1/s1. The lowest BCUT2D eigenvalue weighted by atomic mass is 9.83. The molecule has 0 unspecified atom stereocenters. The van der Waals surface area contributed by atoms with Crippen molar-refractivity contribution in [2.45, 2.75) is 43.4 Å². The summed E-state index contributed by atoms with van der Waals surface area (Å²) in [5.74, 6) is -0.338. The molecular weight excluding hydrogens is 367 g/mol. The molecule has 0 saturated carbocycles. The van der Waals surface area contributed by atoms with Crippen LogP contribution >= 0.6 is 23.2 Å². The van der Waals surface area contributed by atoms with Gasteiger partial charge in [0.1, 0.15) is 17.8 Å². The van der Waals surface area contributed by atoms with E-state index in [1.54, 1.807) is 4.90 Å². The van der Waals surface area contributed by atoms with Gasteiger partial charge in [-0.15, -0.1) is 0 Å². The Hall–Kier alpha value is -1.50. The SMILES string of the molecule is O=C1[C@@H]2C[C@H](c3c(O)ccc(Cl)c3Cl)CCN2C(=O)[C@H]2C[C@@H](O)CN12. The van der Waals surface area contributed by atoms with Gasteiger partial charge in [-0.2, -0.15) is 0 Å². The largest absolute Gasteiger partial charge is 0.508 e. The van der Waals surface area contributed by atoms with E-state index in [0.29, 0.717) is 41.4 Å². The quantitative estimate of drug-likeness (QED) is 0.772. The van der Waals surface area contributed by atoms with Crippen molar-refractivity contribution in [3.8, 4) is 5.75 Å². The van der Waals surface area contributed by atoms with Gasteiger partial charge in [0.25, 0.3) is 0 Å². The van der Waals surface area contributed by atoms with E-state index in [2.05, 4.69) is 0 Å². The fraction of sp³-hybridized carbons (Fsp3) is 0.529. The summed E-state index contributed by atoms with van der Waals surface area (Å²) in [5.41, 5.74) is 0.539. The average Bonchev–Trinajstić information content (AvgIpc) is 2.98. The number of amides is 2. The second kappa shape index (κ2) is 6.04. The Morgan fingerprint density at radius 2 is 1.72 bits per heavy atom. The highest BCUT2D eigenvalue weighted by Crippen LogP contribution is 2.44. The number of carbonyl (C=O) groups is 2. The second-order valence-electron chi connectivity index (χ2n) is 6.96. The van der Waals surface area contributed by atoms with Gasteiger partial charge in [-0.1, -0.05) is 23.2 Å². The zero-order chi connectivity index (χ0) is 17.9. The number of aliphatic hydroxyl groups excluding tert-OH is 1. The third kappa shape index (κ3) is 2.58. The molecule has 1 aromatic carbocycles. The minimum absolute atomic E-state index is 0.0527. The van der Waals surface area contributed by atoms with Crippen LogP contribution in [0.15, 0.2) is 12.1 Å². The van der Waals surface area contributed by atoms with Gasteiger partial charge in [0.15, 0.2) is 0 Å². The number of halogens is 2. The van der Waals surface area contributed by atoms with Crippen LogP contribution in [-0.4, -0.2) is 63.1 Å². The molecule has 0 radical (unpaired) electrons. The van der Waals surface area contributed by atoms with Gasteiger partial charge < -0.3 is 20.0 Å². The summed E-state index contributed by atoms with van der Waals surface area (Å²) >= 11 is 12.4. The summed E-state index contributed by atoms with van der Waals surface area (Å²) in [6.07, 6.45) is 0.634. The first-order chi connectivity index (χ1) is 11.9. The summed E-state index contributed by atoms with van der Waals surface area (Å²) < 4.78 is 0. The van der Waals surface area contributed by atoms with Crippen molar-refractivity contribution < 1.29 is 19.8 Å². The molecule has 25 heavy (non-hydrogen) atoms. The maximum Gasteiger partial charge on any atom is 0.246 e. The smallest absolute Gasteiger partial charge is 0.246 e. The number of fused-ring (bicyclic) bond motifs is 2. The van der Waals surface area contributed by atoms with Crippen LogP contribution in [0.5, 0.6) is 5.75 Å². The van der Waals surface area contributed by atoms with Crippen molar-refractivity contribution >= 4 is 35.0 Å². The van der Waals surface area contributed by atoms with Crippen LogP contribution in [0.1, 0.15) is 30.7 Å². The van der Waals surface area contributed by atoms with Gasteiger partial charge in [0.2, 0.25) is 11.8 Å². The van der Waals surface area contributed by atoms with Crippen molar-refractivity contribution in [2.24, 2.45) is 0 Å². The number of piperazine rings is 1. The number of nitrogens with zero attached hydrogens (tertiary/aromatic N) is 2. The minimum Gasteiger partial charge on any atom is -0.508 e. The molecular formula is C17H18Cl2N2O4. The number of aromatic hydroxyl groups is 1.